The van der Waals surface area contributed by atoms with Crippen molar-refractivity contribution in [3.63, 3.8) is 0 Å². The van der Waals surface area contributed by atoms with Crippen LogP contribution in [0.5, 0.6) is 0 Å². The van der Waals surface area contributed by atoms with E-state index in [-0.39, 0.29) is 6.04 Å². The minimum atomic E-state index is 0.256. The first-order valence-electron chi connectivity index (χ1n) is 6.24. The normalized spacial score (nSPS) is 18.8. The molecule has 1 heterocycles. The molecular formula is C16H16N2. The Morgan fingerprint density at radius 3 is 2.22 bits per heavy atom. The van der Waals surface area contributed by atoms with Gasteiger partial charge in [-0.05, 0) is 5.56 Å². The summed E-state index contributed by atoms with van der Waals surface area (Å²) in [5.74, 6) is 1.09. The second kappa shape index (κ2) is 4.65. The molecule has 0 N–H and O–H groups in total. The van der Waals surface area contributed by atoms with E-state index in [0.717, 1.165) is 12.4 Å². The molecule has 2 aromatic carbocycles. The van der Waals surface area contributed by atoms with Gasteiger partial charge in [-0.2, -0.15) is 0 Å². The second-order valence-corrected chi connectivity index (χ2v) is 4.63. The molecule has 0 saturated carbocycles. The van der Waals surface area contributed by atoms with Gasteiger partial charge in [-0.15, -0.1) is 0 Å². The molecule has 0 aliphatic carbocycles. The zero-order valence-corrected chi connectivity index (χ0v) is 10.5. The number of hydrogen-bond acceptors (Lipinski definition) is 2. The van der Waals surface area contributed by atoms with Gasteiger partial charge in [0.25, 0.3) is 0 Å². The van der Waals surface area contributed by atoms with Crippen molar-refractivity contribution in [1.82, 2.24) is 4.90 Å². The maximum Gasteiger partial charge on any atom is 0.131 e. The summed E-state index contributed by atoms with van der Waals surface area (Å²) >= 11 is 0. The van der Waals surface area contributed by atoms with Crippen molar-refractivity contribution in [2.45, 2.75) is 6.04 Å². The monoisotopic (exact) mass is 236 g/mol. The highest BCUT2D eigenvalue weighted by atomic mass is 15.2. The average molecular weight is 236 g/mol. The first-order valence-corrected chi connectivity index (χ1v) is 6.24. The van der Waals surface area contributed by atoms with Crippen LogP contribution in [-0.2, 0) is 0 Å². The van der Waals surface area contributed by atoms with E-state index in [0.29, 0.717) is 0 Å². The molecule has 1 aliphatic rings. The van der Waals surface area contributed by atoms with Crippen molar-refractivity contribution >= 4 is 5.84 Å². The van der Waals surface area contributed by atoms with Crippen molar-refractivity contribution in [2.24, 2.45) is 4.99 Å². The molecule has 2 nitrogen and oxygen atoms in total. The van der Waals surface area contributed by atoms with Crippen molar-refractivity contribution in [2.75, 3.05) is 13.6 Å². The highest BCUT2D eigenvalue weighted by Crippen LogP contribution is 2.25. The molecule has 3 rings (SSSR count). The lowest BCUT2D eigenvalue weighted by Crippen LogP contribution is -2.23. The number of aliphatic imine (C=N–C) groups is 1. The van der Waals surface area contributed by atoms with Gasteiger partial charge in [0.15, 0.2) is 0 Å². The van der Waals surface area contributed by atoms with E-state index in [4.69, 9.17) is 4.99 Å². The van der Waals surface area contributed by atoms with Crippen molar-refractivity contribution in [1.29, 1.82) is 0 Å². The lowest BCUT2D eigenvalue weighted by atomic mass is 10.1. The summed E-state index contributed by atoms with van der Waals surface area (Å²) < 4.78 is 0. The molecule has 0 saturated heterocycles. The lowest BCUT2D eigenvalue weighted by Gasteiger charge is -2.14. The average Bonchev–Trinajstić information content (AvgIpc) is 2.83. The van der Waals surface area contributed by atoms with Gasteiger partial charge in [0, 0.05) is 19.2 Å². The molecule has 1 aliphatic heterocycles. The highest BCUT2D eigenvalue weighted by molar-refractivity contribution is 5.99. The third-order valence-electron chi connectivity index (χ3n) is 3.30. The van der Waals surface area contributed by atoms with Crippen molar-refractivity contribution in [3.8, 4) is 0 Å². The fourth-order valence-corrected chi connectivity index (χ4v) is 2.37. The van der Waals surface area contributed by atoms with Gasteiger partial charge in [0.1, 0.15) is 5.84 Å². The number of amidine groups is 1. The summed E-state index contributed by atoms with van der Waals surface area (Å²) in [6.45, 7) is 0.953. The molecular weight excluding hydrogens is 220 g/mol. The van der Waals surface area contributed by atoms with E-state index >= 15 is 0 Å². The summed E-state index contributed by atoms with van der Waals surface area (Å²) in [4.78, 5) is 7.08. The molecule has 0 bridgehead atoms. The molecule has 2 heteroatoms. The van der Waals surface area contributed by atoms with Crippen LogP contribution in [0.1, 0.15) is 17.2 Å². The molecule has 2 aromatic rings. The summed E-state index contributed by atoms with van der Waals surface area (Å²) in [6.07, 6.45) is 0. The fraction of sp³-hybridized carbons (Fsp3) is 0.188. The highest BCUT2D eigenvalue weighted by Gasteiger charge is 2.23. The minimum absolute atomic E-state index is 0.256. The topological polar surface area (TPSA) is 15.6 Å². The first-order chi connectivity index (χ1) is 8.84. The fourth-order valence-electron chi connectivity index (χ4n) is 2.37. The minimum Gasteiger partial charge on any atom is -0.357 e. The van der Waals surface area contributed by atoms with Crippen LogP contribution in [0.2, 0.25) is 0 Å². The zero-order chi connectivity index (χ0) is 12.4. The standard InChI is InChI=1S/C16H16N2/c1-18-12-15(13-8-4-2-5-9-13)17-16(18)14-10-6-3-7-11-14/h2-11,15H,12H2,1H3. The Bertz CT molecular complexity index is 546. The van der Waals surface area contributed by atoms with E-state index in [1.165, 1.54) is 11.1 Å². The Balaban J connectivity index is 1.93. The van der Waals surface area contributed by atoms with Gasteiger partial charge in [-0.25, -0.2) is 0 Å². The third kappa shape index (κ3) is 2.02. The van der Waals surface area contributed by atoms with E-state index in [9.17, 15) is 0 Å². The Labute approximate surface area is 108 Å². The predicted molar refractivity (Wildman–Crippen MR) is 74.8 cm³/mol. The smallest absolute Gasteiger partial charge is 0.131 e. The molecule has 90 valence electrons. The third-order valence-corrected chi connectivity index (χ3v) is 3.30. The molecule has 0 aromatic heterocycles. The first kappa shape index (κ1) is 11.0. The van der Waals surface area contributed by atoms with E-state index in [2.05, 4.69) is 60.5 Å². The van der Waals surface area contributed by atoms with Crippen LogP contribution in [0, 0.1) is 0 Å². The molecule has 18 heavy (non-hydrogen) atoms. The summed E-state index contributed by atoms with van der Waals surface area (Å²) in [7, 11) is 2.11. The van der Waals surface area contributed by atoms with Crippen LogP contribution in [0.3, 0.4) is 0 Å². The Morgan fingerprint density at radius 1 is 0.944 bits per heavy atom. The van der Waals surface area contributed by atoms with E-state index < -0.39 is 0 Å². The molecule has 0 fully saturated rings. The predicted octanol–water partition coefficient (Wildman–Crippen LogP) is 3.12. The van der Waals surface area contributed by atoms with Crippen molar-refractivity contribution in [3.05, 3.63) is 71.8 Å². The van der Waals surface area contributed by atoms with Gasteiger partial charge in [0.05, 0.1) is 6.04 Å². The Morgan fingerprint density at radius 2 is 1.56 bits per heavy atom. The van der Waals surface area contributed by atoms with Crippen LogP contribution in [0.25, 0.3) is 0 Å². The molecule has 0 spiro atoms. The number of rotatable bonds is 2. The Hall–Kier alpha value is -2.09. The molecule has 0 amide bonds. The lowest BCUT2D eigenvalue weighted by molar-refractivity contribution is 0.507. The van der Waals surface area contributed by atoms with Crippen LogP contribution < -0.4 is 0 Å². The van der Waals surface area contributed by atoms with Gasteiger partial charge in [-0.1, -0.05) is 60.7 Å². The Kier molecular flexibility index (Phi) is 2.85. The van der Waals surface area contributed by atoms with Gasteiger partial charge in [0.2, 0.25) is 0 Å². The van der Waals surface area contributed by atoms with Crippen LogP contribution in [-0.4, -0.2) is 24.3 Å². The summed E-state index contributed by atoms with van der Waals surface area (Å²) in [6, 6.07) is 21.1. The maximum absolute atomic E-state index is 4.85. The van der Waals surface area contributed by atoms with E-state index in [1.54, 1.807) is 0 Å². The number of nitrogens with zero attached hydrogens (tertiary/aromatic N) is 2. The largest absolute Gasteiger partial charge is 0.357 e. The maximum atomic E-state index is 4.85. The van der Waals surface area contributed by atoms with Crippen LogP contribution in [0.15, 0.2) is 65.7 Å². The summed E-state index contributed by atoms with van der Waals surface area (Å²) in [5, 5.41) is 0. The number of benzene rings is 2. The number of likely N-dealkylation sites (N-methyl/N-ethyl adjacent to an activating group) is 1. The second-order valence-electron chi connectivity index (χ2n) is 4.63. The van der Waals surface area contributed by atoms with Gasteiger partial charge < -0.3 is 4.90 Å². The SMILES string of the molecule is CN1CC(c2ccccc2)N=C1c1ccccc1. The van der Waals surface area contributed by atoms with Gasteiger partial charge in [-0.3, -0.25) is 4.99 Å². The number of hydrogen-bond donors (Lipinski definition) is 0. The zero-order valence-electron chi connectivity index (χ0n) is 10.5. The summed E-state index contributed by atoms with van der Waals surface area (Å²) in [5.41, 5.74) is 2.48. The molecule has 1 atom stereocenters. The van der Waals surface area contributed by atoms with Crippen LogP contribution in [0.4, 0.5) is 0 Å². The van der Waals surface area contributed by atoms with Crippen LogP contribution >= 0.6 is 0 Å². The quantitative estimate of drug-likeness (QED) is 0.782. The van der Waals surface area contributed by atoms with Gasteiger partial charge >= 0.3 is 0 Å². The molecule has 0 radical (unpaired) electrons. The van der Waals surface area contributed by atoms with Crippen molar-refractivity contribution < 1.29 is 0 Å². The van der Waals surface area contributed by atoms with E-state index in [1.807, 2.05) is 12.1 Å². The molecule has 1 unspecified atom stereocenters.